The highest BCUT2D eigenvalue weighted by Gasteiger charge is 2.38. The summed E-state index contributed by atoms with van der Waals surface area (Å²) in [5, 5.41) is 0. The smallest absolute Gasteiger partial charge is 0.207 e. The maximum atomic E-state index is 13.0. The summed E-state index contributed by atoms with van der Waals surface area (Å²) in [4.78, 5) is 0. The third-order valence-electron chi connectivity index (χ3n) is 4.41. The van der Waals surface area contributed by atoms with Gasteiger partial charge in [-0.05, 0) is 37.0 Å². The van der Waals surface area contributed by atoms with Crippen molar-refractivity contribution in [2.24, 2.45) is 17.8 Å². The van der Waals surface area contributed by atoms with E-state index in [1.54, 1.807) is 0 Å². The first-order chi connectivity index (χ1) is 7.07. The van der Waals surface area contributed by atoms with Crippen molar-refractivity contribution in [1.29, 1.82) is 0 Å². The van der Waals surface area contributed by atoms with Crippen LogP contribution < -0.4 is 0 Å². The van der Waals surface area contributed by atoms with Crippen LogP contribution in [0.5, 0.6) is 0 Å². The molecule has 2 unspecified atom stereocenters. The Morgan fingerprint density at radius 2 is 1.60 bits per heavy atom. The van der Waals surface area contributed by atoms with Gasteiger partial charge in [0.25, 0.3) is 0 Å². The molecule has 0 aromatic carbocycles. The molecule has 0 nitrogen and oxygen atoms in total. The number of rotatable bonds is 1. The van der Waals surface area contributed by atoms with Gasteiger partial charge in [-0.2, -0.15) is 0 Å². The van der Waals surface area contributed by atoms with Gasteiger partial charge >= 0.3 is 0 Å². The fraction of sp³-hybridized carbons (Fsp3) is 1.00. The second kappa shape index (κ2) is 4.39. The fourth-order valence-corrected chi connectivity index (χ4v) is 3.44. The Kier molecular flexibility index (Phi) is 3.32. The van der Waals surface area contributed by atoms with Crippen molar-refractivity contribution >= 4 is 0 Å². The van der Waals surface area contributed by atoms with E-state index in [0.29, 0.717) is 5.92 Å². The van der Waals surface area contributed by atoms with Crippen LogP contribution in [0, 0.1) is 17.8 Å². The van der Waals surface area contributed by atoms with Crippen LogP contribution in [0.1, 0.15) is 58.3 Å². The molecule has 0 saturated heterocycles. The molecule has 2 aliphatic carbocycles. The van der Waals surface area contributed by atoms with E-state index in [2.05, 4.69) is 6.92 Å². The maximum absolute atomic E-state index is 13.0. The summed E-state index contributed by atoms with van der Waals surface area (Å²) in [7, 11) is 0. The molecule has 0 bridgehead atoms. The van der Waals surface area contributed by atoms with Crippen molar-refractivity contribution in [2.45, 2.75) is 64.2 Å². The van der Waals surface area contributed by atoms with Crippen molar-refractivity contribution < 1.29 is 8.78 Å². The zero-order valence-corrected chi connectivity index (χ0v) is 9.64. The van der Waals surface area contributed by atoms with Gasteiger partial charge in [0.1, 0.15) is 0 Å². The molecule has 2 rings (SSSR count). The van der Waals surface area contributed by atoms with Gasteiger partial charge in [-0.1, -0.05) is 26.2 Å². The molecule has 2 aliphatic rings. The Labute approximate surface area is 91.4 Å². The zero-order valence-electron chi connectivity index (χ0n) is 9.64. The quantitative estimate of drug-likeness (QED) is 0.599. The van der Waals surface area contributed by atoms with Gasteiger partial charge < -0.3 is 0 Å². The minimum atomic E-state index is -2.35. The van der Waals surface area contributed by atoms with Gasteiger partial charge in [-0.15, -0.1) is 0 Å². The van der Waals surface area contributed by atoms with Crippen molar-refractivity contribution in [1.82, 2.24) is 0 Å². The molecule has 88 valence electrons. The molecule has 0 N–H and O–H groups in total. The molecule has 2 fully saturated rings. The molecule has 0 spiro atoms. The molecule has 2 saturated carbocycles. The molecule has 2 atom stereocenters. The predicted octanol–water partition coefficient (Wildman–Crippen LogP) is 4.64. The summed E-state index contributed by atoms with van der Waals surface area (Å²) < 4.78 is 26.0. The molecule has 0 heterocycles. The topological polar surface area (TPSA) is 0 Å². The first kappa shape index (κ1) is 11.3. The number of hydrogen-bond donors (Lipinski definition) is 0. The second-order valence-electron chi connectivity index (χ2n) is 5.73. The highest BCUT2D eigenvalue weighted by molar-refractivity contribution is 4.84. The van der Waals surface area contributed by atoms with Crippen LogP contribution >= 0.6 is 0 Å². The SMILES string of the molecule is CC1CCCC(C2CCC(F)(F)CC2)C1. The molecule has 15 heavy (non-hydrogen) atoms. The van der Waals surface area contributed by atoms with Crippen molar-refractivity contribution in [3.8, 4) is 0 Å². The van der Waals surface area contributed by atoms with Crippen molar-refractivity contribution in [3.63, 3.8) is 0 Å². The van der Waals surface area contributed by atoms with Crippen LogP contribution in [0.25, 0.3) is 0 Å². The minimum Gasteiger partial charge on any atom is -0.207 e. The first-order valence-corrected chi connectivity index (χ1v) is 6.45. The van der Waals surface area contributed by atoms with Gasteiger partial charge in [0.2, 0.25) is 5.92 Å². The Balaban J connectivity index is 1.84. The zero-order chi connectivity index (χ0) is 10.9. The lowest BCUT2D eigenvalue weighted by molar-refractivity contribution is -0.0552. The lowest BCUT2D eigenvalue weighted by Gasteiger charge is -2.37. The Morgan fingerprint density at radius 3 is 2.20 bits per heavy atom. The molecule has 0 aromatic rings. The third-order valence-corrected chi connectivity index (χ3v) is 4.41. The Morgan fingerprint density at radius 1 is 0.933 bits per heavy atom. The summed E-state index contributed by atoms with van der Waals surface area (Å²) >= 11 is 0. The van der Waals surface area contributed by atoms with Gasteiger partial charge in [-0.25, -0.2) is 8.78 Å². The first-order valence-electron chi connectivity index (χ1n) is 6.45. The maximum Gasteiger partial charge on any atom is 0.248 e. The fourth-order valence-electron chi connectivity index (χ4n) is 3.44. The number of alkyl halides is 2. The largest absolute Gasteiger partial charge is 0.248 e. The van der Waals surface area contributed by atoms with E-state index in [-0.39, 0.29) is 12.8 Å². The van der Waals surface area contributed by atoms with Crippen LogP contribution in [0.2, 0.25) is 0 Å². The van der Waals surface area contributed by atoms with E-state index in [1.807, 2.05) is 0 Å². The van der Waals surface area contributed by atoms with E-state index in [4.69, 9.17) is 0 Å². The van der Waals surface area contributed by atoms with Crippen LogP contribution in [0.4, 0.5) is 8.78 Å². The van der Waals surface area contributed by atoms with Crippen molar-refractivity contribution in [2.75, 3.05) is 0 Å². The van der Waals surface area contributed by atoms with E-state index in [1.165, 1.54) is 25.7 Å². The standard InChI is InChI=1S/C13H22F2/c1-10-3-2-4-12(9-10)11-5-7-13(14,15)8-6-11/h10-12H,2-9H2,1H3. The summed E-state index contributed by atoms with van der Waals surface area (Å²) in [6.07, 6.45) is 7.06. The van der Waals surface area contributed by atoms with Crippen LogP contribution in [0.15, 0.2) is 0 Å². The van der Waals surface area contributed by atoms with Crippen LogP contribution in [0.3, 0.4) is 0 Å². The van der Waals surface area contributed by atoms with Gasteiger partial charge in [0.05, 0.1) is 0 Å². The predicted molar refractivity (Wildman–Crippen MR) is 58.0 cm³/mol. The molecule has 0 amide bonds. The van der Waals surface area contributed by atoms with Crippen LogP contribution in [-0.2, 0) is 0 Å². The normalized spacial score (nSPS) is 37.8. The summed E-state index contributed by atoms with van der Waals surface area (Å²) in [5.41, 5.74) is 0. The monoisotopic (exact) mass is 216 g/mol. The lowest BCUT2D eigenvalue weighted by atomic mass is 9.70. The molecule has 0 radical (unpaired) electrons. The number of hydrogen-bond acceptors (Lipinski definition) is 0. The summed E-state index contributed by atoms with van der Waals surface area (Å²) in [6.45, 7) is 2.31. The lowest BCUT2D eigenvalue weighted by Crippen LogP contribution is -2.30. The van der Waals surface area contributed by atoms with Gasteiger partial charge in [-0.3, -0.25) is 0 Å². The van der Waals surface area contributed by atoms with Crippen LogP contribution in [-0.4, -0.2) is 5.92 Å². The molecular formula is C13H22F2. The average molecular weight is 216 g/mol. The second-order valence-corrected chi connectivity index (χ2v) is 5.73. The Hall–Kier alpha value is -0.140. The van der Waals surface area contributed by atoms with E-state index < -0.39 is 5.92 Å². The van der Waals surface area contributed by atoms with Gasteiger partial charge in [0, 0.05) is 12.8 Å². The summed E-state index contributed by atoms with van der Waals surface area (Å²) in [6, 6.07) is 0. The van der Waals surface area contributed by atoms with Crippen molar-refractivity contribution in [3.05, 3.63) is 0 Å². The highest BCUT2D eigenvalue weighted by Crippen LogP contribution is 2.44. The van der Waals surface area contributed by atoms with E-state index in [9.17, 15) is 8.78 Å². The van der Waals surface area contributed by atoms with Gasteiger partial charge in [0.15, 0.2) is 0 Å². The molecule has 0 aromatic heterocycles. The molecule has 0 aliphatic heterocycles. The molecular weight excluding hydrogens is 194 g/mol. The minimum absolute atomic E-state index is 0.141. The average Bonchev–Trinajstić information content (AvgIpc) is 2.17. The Bertz CT molecular complexity index is 203. The third kappa shape index (κ3) is 2.92. The number of halogens is 2. The van der Waals surface area contributed by atoms with E-state index >= 15 is 0 Å². The molecule has 2 heteroatoms. The summed E-state index contributed by atoms with van der Waals surface area (Å²) in [5.74, 6) is -0.167. The highest BCUT2D eigenvalue weighted by atomic mass is 19.3. The van der Waals surface area contributed by atoms with E-state index in [0.717, 1.165) is 24.7 Å².